The van der Waals surface area contributed by atoms with E-state index in [0.717, 1.165) is 84.4 Å². The minimum absolute atomic E-state index is 0.0193. The quantitative estimate of drug-likeness (QED) is 0.296. The molecule has 52 heavy (non-hydrogen) atoms. The standard InChI is InChI=1S/C48H64N2O2/c51-44(43-39-14-28-4-29(16-39)17-40(43)15-28)49(47-22-33-8-34(23-47)10-35(9-33)24-47)41-2-1-3-42(18-41)50(48-25-36-11-37(26-48)13-38(12-36)27-48)45(52)46-19-30-5-31(20-46)7-32(6-30)21-46/h1-3,18,28-40,43H,4-17,19-27H2. The van der Waals surface area contributed by atoms with Crippen LogP contribution in [0.2, 0.25) is 0 Å². The van der Waals surface area contributed by atoms with Crippen LogP contribution in [-0.4, -0.2) is 22.9 Å². The van der Waals surface area contributed by atoms with E-state index in [4.69, 9.17) is 0 Å². The van der Waals surface area contributed by atoms with Gasteiger partial charge in [-0.3, -0.25) is 9.59 Å². The average molecular weight is 701 g/mol. The number of benzene rings is 1. The Morgan fingerprint density at radius 2 is 0.788 bits per heavy atom. The van der Waals surface area contributed by atoms with Crippen LogP contribution in [-0.2, 0) is 9.59 Å². The number of rotatable bonds is 6. The first-order valence-corrected chi connectivity index (χ1v) is 23.1. The molecule has 0 radical (unpaired) electrons. The fraction of sp³-hybridized carbons (Fsp3) is 0.833. The van der Waals surface area contributed by atoms with Gasteiger partial charge in [0.1, 0.15) is 0 Å². The Hall–Kier alpha value is -1.84. The summed E-state index contributed by atoms with van der Waals surface area (Å²) in [5, 5.41) is 0. The van der Waals surface area contributed by atoms with Crippen molar-refractivity contribution in [1.82, 2.24) is 0 Å². The van der Waals surface area contributed by atoms with Crippen molar-refractivity contribution >= 4 is 23.2 Å². The average Bonchev–Trinajstić information content (AvgIpc) is 3.06. The number of hydrogen-bond acceptors (Lipinski definition) is 2. The monoisotopic (exact) mass is 700 g/mol. The summed E-state index contributed by atoms with van der Waals surface area (Å²) in [7, 11) is 0. The number of anilines is 2. The van der Waals surface area contributed by atoms with E-state index in [9.17, 15) is 0 Å². The molecule has 1 aromatic rings. The molecule has 0 N–H and O–H groups in total. The van der Waals surface area contributed by atoms with Crippen LogP contribution in [0.1, 0.15) is 148 Å². The van der Waals surface area contributed by atoms with E-state index in [1.807, 2.05) is 0 Å². The maximum absolute atomic E-state index is 15.9. The Bertz CT molecular complexity index is 1560. The Morgan fingerprint density at radius 3 is 1.21 bits per heavy atom. The molecule has 0 unspecified atom stereocenters. The molecular formula is C48H64N2O2. The van der Waals surface area contributed by atoms with Crippen LogP contribution in [0.4, 0.5) is 11.4 Å². The molecule has 16 aliphatic rings. The predicted octanol–water partition coefficient (Wildman–Crippen LogP) is 10.6. The van der Waals surface area contributed by atoms with Gasteiger partial charge in [0.05, 0.1) is 5.41 Å². The van der Waals surface area contributed by atoms with Gasteiger partial charge in [0, 0.05) is 28.4 Å². The highest BCUT2D eigenvalue weighted by molar-refractivity contribution is 6.02. The van der Waals surface area contributed by atoms with Crippen LogP contribution in [0.5, 0.6) is 0 Å². The molecule has 16 bridgehead atoms. The van der Waals surface area contributed by atoms with Gasteiger partial charge >= 0.3 is 0 Å². The van der Waals surface area contributed by atoms with Crippen molar-refractivity contribution in [2.45, 2.75) is 159 Å². The summed E-state index contributed by atoms with van der Waals surface area (Å²) in [6.45, 7) is 0. The van der Waals surface area contributed by atoms with Gasteiger partial charge in [-0.1, -0.05) is 6.07 Å². The second-order valence-electron chi connectivity index (χ2n) is 23.3. The molecule has 0 atom stereocenters. The number of nitrogens with zero attached hydrogens (tertiary/aromatic N) is 2. The minimum Gasteiger partial charge on any atom is -0.306 e. The van der Waals surface area contributed by atoms with Crippen LogP contribution in [0.15, 0.2) is 24.3 Å². The Kier molecular flexibility index (Phi) is 6.46. The van der Waals surface area contributed by atoms with Gasteiger partial charge in [-0.25, -0.2) is 0 Å². The molecule has 4 heteroatoms. The maximum Gasteiger partial charge on any atom is 0.233 e. The third kappa shape index (κ3) is 4.45. The lowest BCUT2D eigenvalue weighted by molar-refractivity contribution is -0.147. The van der Waals surface area contributed by atoms with Crippen LogP contribution in [0, 0.1) is 88.3 Å². The highest BCUT2D eigenvalue weighted by Gasteiger charge is 2.62. The topological polar surface area (TPSA) is 40.6 Å². The minimum atomic E-state index is -0.149. The third-order valence-corrected chi connectivity index (χ3v) is 19.7. The molecule has 16 fully saturated rings. The second-order valence-corrected chi connectivity index (χ2v) is 23.3. The van der Waals surface area contributed by atoms with Gasteiger partial charge in [-0.2, -0.15) is 0 Å². The Labute approximate surface area is 313 Å². The van der Waals surface area contributed by atoms with Crippen LogP contribution in [0.3, 0.4) is 0 Å². The van der Waals surface area contributed by atoms with Crippen molar-refractivity contribution in [2.24, 2.45) is 88.3 Å². The van der Waals surface area contributed by atoms with Crippen LogP contribution < -0.4 is 9.80 Å². The first kappa shape index (κ1) is 31.4. The first-order valence-electron chi connectivity index (χ1n) is 23.1. The molecule has 2 amide bonds. The fourth-order valence-electron chi connectivity index (χ4n) is 19.8. The molecule has 0 heterocycles. The molecule has 16 saturated carbocycles. The van der Waals surface area contributed by atoms with E-state index < -0.39 is 0 Å². The molecule has 0 saturated heterocycles. The Balaban J connectivity index is 0.936. The van der Waals surface area contributed by atoms with Crippen molar-refractivity contribution in [3.8, 4) is 0 Å². The van der Waals surface area contributed by atoms with Gasteiger partial charge < -0.3 is 9.80 Å². The lowest BCUT2D eigenvalue weighted by Gasteiger charge is -2.63. The van der Waals surface area contributed by atoms with Gasteiger partial charge in [0.15, 0.2) is 0 Å². The normalized spacial score (nSPS) is 53.5. The molecule has 0 spiro atoms. The van der Waals surface area contributed by atoms with Crippen molar-refractivity contribution in [3.05, 3.63) is 24.3 Å². The zero-order valence-electron chi connectivity index (χ0n) is 31.9. The molecule has 0 aromatic heterocycles. The number of amides is 2. The Morgan fingerprint density at radius 1 is 0.442 bits per heavy atom. The van der Waals surface area contributed by atoms with E-state index in [1.165, 1.54) is 140 Å². The summed E-state index contributed by atoms with van der Waals surface area (Å²) in [4.78, 5) is 36.8. The number of carbonyl (C=O) groups is 2. The van der Waals surface area contributed by atoms with Crippen molar-refractivity contribution in [3.63, 3.8) is 0 Å². The smallest absolute Gasteiger partial charge is 0.233 e. The molecular weight excluding hydrogens is 637 g/mol. The van der Waals surface area contributed by atoms with Crippen molar-refractivity contribution in [2.75, 3.05) is 9.80 Å². The predicted molar refractivity (Wildman–Crippen MR) is 204 cm³/mol. The molecule has 4 nitrogen and oxygen atoms in total. The highest BCUT2D eigenvalue weighted by atomic mass is 16.2. The summed E-state index contributed by atoms with van der Waals surface area (Å²) in [5.41, 5.74) is 2.16. The first-order chi connectivity index (χ1) is 25.3. The fourth-order valence-corrected chi connectivity index (χ4v) is 19.8. The molecule has 17 rings (SSSR count). The van der Waals surface area contributed by atoms with Crippen LogP contribution in [0.25, 0.3) is 0 Å². The summed E-state index contributed by atoms with van der Waals surface area (Å²) >= 11 is 0. The number of carbonyl (C=O) groups excluding carboxylic acids is 2. The van der Waals surface area contributed by atoms with E-state index in [0.29, 0.717) is 23.7 Å². The molecule has 278 valence electrons. The van der Waals surface area contributed by atoms with Gasteiger partial charge in [-0.05, 0) is 243 Å². The van der Waals surface area contributed by atoms with Crippen molar-refractivity contribution < 1.29 is 9.59 Å². The van der Waals surface area contributed by atoms with E-state index in [1.54, 1.807) is 0 Å². The van der Waals surface area contributed by atoms with Crippen molar-refractivity contribution in [1.29, 1.82) is 0 Å². The summed E-state index contributed by atoms with van der Waals surface area (Å²) in [6, 6.07) is 9.43. The third-order valence-electron chi connectivity index (χ3n) is 19.7. The zero-order valence-corrected chi connectivity index (χ0v) is 31.9. The largest absolute Gasteiger partial charge is 0.306 e. The highest BCUT2D eigenvalue weighted by Crippen LogP contribution is 2.65. The lowest BCUT2D eigenvalue weighted by atomic mass is 9.48. The van der Waals surface area contributed by atoms with E-state index in [-0.39, 0.29) is 22.4 Å². The SMILES string of the molecule is O=C(C1C2CC3CC(C2)CC1C3)N(c1cccc(N(C(=O)C23CC4CC(CC(C4)C2)C3)C23CC4CC(CC(C4)C2)C3)c1)C12CC3CC(CC(C3)C1)C2. The summed E-state index contributed by atoms with van der Waals surface area (Å²) in [5.74, 6) is 11.3. The maximum atomic E-state index is 15.9. The zero-order chi connectivity index (χ0) is 34.1. The van der Waals surface area contributed by atoms with E-state index in [2.05, 4.69) is 34.1 Å². The lowest BCUT2D eigenvalue weighted by Crippen LogP contribution is -2.66. The second kappa shape index (κ2) is 10.7. The summed E-state index contributed by atoms with van der Waals surface area (Å²) in [6.07, 6.45) is 29.9. The summed E-state index contributed by atoms with van der Waals surface area (Å²) < 4.78 is 0. The van der Waals surface area contributed by atoms with Gasteiger partial charge in [-0.15, -0.1) is 0 Å². The molecule has 0 aliphatic heterocycles. The molecule has 1 aromatic carbocycles. The van der Waals surface area contributed by atoms with Crippen LogP contribution >= 0.6 is 0 Å². The number of hydrogen-bond donors (Lipinski definition) is 0. The van der Waals surface area contributed by atoms with Gasteiger partial charge in [0.25, 0.3) is 0 Å². The molecule has 16 aliphatic carbocycles. The van der Waals surface area contributed by atoms with Gasteiger partial charge in [0.2, 0.25) is 11.8 Å². The van der Waals surface area contributed by atoms with E-state index >= 15 is 9.59 Å².